The fourth-order valence-corrected chi connectivity index (χ4v) is 4.08. The molecule has 3 N–H and O–H groups in total. The molecule has 1 heterocycles. The van der Waals surface area contributed by atoms with E-state index < -0.39 is 15.6 Å². The number of nitrogens with two attached hydrogens (primary N) is 1. The molecule has 0 atom stereocenters. The van der Waals surface area contributed by atoms with Crippen LogP contribution in [0.15, 0.2) is 23.1 Å². The molecule has 0 aromatic heterocycles. The maximum absolute atomic E-state index is 12.4. The van der Waals surface area contributed by atoms with Gasteiger partial charge in [0.05, 0.1) is 11.3 Å². The highest BCUT2D eigenvalue weighted by Crippen LogP contribution is 2.33. The van der Waals surface area contributed by atoms with Gasteiger partial charge < -0.3 is 10.8 Å². The summed E-state index contributed by atoms with van der Waals surface area (Å²) >= 11 is 0. The van der Waals surface area contributed by atoms with Crippen LogP contribution in [0, 0.1) is 6.92 Å². The Bertz CT molecular complexity index is 542. The van der Waals surface area contributed by atoms with Gasteiger partial charge in [-0.15, -0.1) is 0 Å². The lowest BCUT2D eigenvalue weighted by atomic mass is 9.94. The van der Waals surface area contributed by atoms with Crippen LogP contribution in [-0.2, 0) is 10.0 Å². The number of nitrogens with zero attached hydrogens (tertiary/aromatic N) is 1. The number of sulfonamides is 1. The second kappa shape index (κ2) is 4.22. The van der Waals surface area contributed by atoms with E-state index in [1.54, 1.807) is 25.1 Å². The number of aryl methyl sites for hydroxylation is 1. The van der Waals surface area contributed by atoms with Crippen LogP contribution in [0.4, 0.5) is 5.69 Å². The minimum atomic E-state index is -3.60. The first-order valence-corrected chi connectivity index (χ1v) is 7.32. The summed E-state index contributed by atoms with van der Waals surface area (Å²) in [7, 11) is -3.60. The summed E-state index contributed by atoms with van der Waals surface area (Å²) in [6.45, 7) is 3.83. The lowest BCUT2D eigenvalue weighted by Crippen LogP contribution is -2.62. The van der Waals surface area contributed by atoms with Crippen LogP contribution in [0.2, 0.25) is 0 Å². The smallest absolute Gasteiger partial charge is 0.245 e. The molecular weight excluding hydrogens is 252 g/mol. The molecule has 0 bridgehead atoms. The van der Waals surface area contributed by atoms with E-state index in [0.29, 0.717) is 12.0 Å². The van der Waals surface area contributed by atoms with E-state index in [2.05, 4.69) is 0 Å². The molecule has 1 aromatic carbocycles. The maximum atomic E-state index is 12.4. The molecular formula is C12H18N2O3S. The van der Waals surface area contributed by atoms with Crippen molar-refractivity contribution < 1.29 is 13.5 Å². The zero-order valence-corrected chi connectivity index (χ0v) is 11.4. The third-order valence-corrected chi connectivity index (χ3v) is 5.45. The van der Waals surface area contributed by atoms with Gasteiger partial charge in [-0.2, -0.15) is 4.31 Å². The van der Waals surface area contributed by atoms with Crippen molar-refractivity contribution in [3.05, 3.63) is 23.8 Å². The molecule has 1 saturated heterocycles. The lowest BCUT2D eigenvalue weighted by Gasteiger charge is -2.45. The number of aliphatic hydroxyl groups is 1. The second-order valence-corrected chi connectivity index (χ2v) is 6.72. The Morgan fingerprint density at radius 2 is 2.06 bits per heavy atom. The van der Waals surface area contributed by atoms with Gasteiger partial charge in [0.25, 0.3) is 0 Å². The van der Waals surface area contributed by atoms with Gasteiger partial charge in [-0.05, 0) is 25.0 Å². The Balaban J connectivity index is 2.34. The fourth-order valence-electron chi connectivity index (χ4n) is 2.16. The highest BCUT2D eigenvalue weighted by atomic mass is 32.2. The molecule has 100 valence electrons. The van der Waals surface area contributed by atoms with E-state index in [4.69, 9.17) is 5.73 Å². The van der Waals surface area contributed by atoms with Gasteiger partial charge in [0.15, 0.2) is 0 Å². The van der Waals surface area contributed by atoms with Crippen molar-refractivity contribution >= 4 is 15.7 Å². The quantitative estimate of drug-likeness (QED) is 0.793. The number of β-amino-alcohol motifs (C(OH)–C–C–N with tert-alkyl or cyclic N) is 1. The molecule has 0 saturated carbocycles. The molecule has 18 heavy (non-hydrogen) atoms. The van der Waals surface area contributed by atoms with Crippen molar-refractivity contribution in [1.82, 2.24) is 4.31 Å². The summed E-state index contributed by atoms with van der Waals surface area (Å²) in [5, 5.41) is 9.90. The van der Waals surface area contributed by atoms with Crippen molar-refractivity contribution in [3.63, 3.8) is 0 Å². The van der Waals surface area contributed by atoms with Crippen molar-refractivity contribution in [1.29, 1.82) is 0 Å². The SMILES string of the molecule is CCC1(O)CN(S(=O)(=O)c2c(C)cccc2N)C1. The standard InChI is InChI=1S/C12H18N2O3S/c1-3-12(15)7-14(8-12)18(16,17)11-9(2)5-4-6-10(11)13/h4-6,15H,3,7-8,13H2,1-2H3. The van der Waals surface area contributed by atoms with Gasteiger partial charge in [-0.3, -0.25) is 0 Å². The zero-order chi connectivity index (χ0) is 13.6. The first-order chi connectivity index (χ1) is 8.30. The van der Waals surface area contributed by atoms with Crippen molar-refractivity contribution in [2.24, 2.45) is 0 Å². The van der Waals surface area contributed by atoms with Gasteiger partial charge in [-0.1, -0.05) is 19.1 Å². The van der Waals surface area contributed by atoms with E-state index in [1.165, 1.54) is 4.31 Å². The summed E-state index contributed by atoms with van der Waals surface area (Å²) in [4.78, 5) is 0.156. The van der Waals surface area contributed by atoms with Crippen LogP contribution in [0.5, 0.6) is 0 Å². The van der Waals surface area contributed by atoms with Crippen LogP contribution in [-0.4, -0.2) is 36.5 Å². The van der Waals surface area contributed by atoms with Crippen LogP contribution in [0.25, 0.3) is 0 Å². The number of rotatable bonds is 3. The number of hydrogen-bond donors (Lipinski definition) is 2. The number of benzene rings is 1. The second-order valence-electron chi connectivity index (χ2n) is 4.84. The Hall–Kier alpha value is -1.11. The highest BCUT2D eigenvalue weighted by molar-refractivity contribution is 7.89. The summed E-state index contributed by atoms with van der Waals surface area (Å²) < 4.78 is 26.1. The van der Waals surface area contributed by atoms with E-state index in [1.807, 2.05) is 6.92 Å². The van der Waals surface area contributed by atoms with Gasteiger partial charge in [0.1, 0.15) is 4.90 Å². The topological polar surface area (TPSA) is 83.6 Å². The van der Waals surface area contributed by atoms with E-state index in [9.17, 15) is 13.5 Å². The monoisotopic (exact) mass is 270 g/mol. The number of nitrogen functional groups attached to an aromatic ring is 1. The first kappa shape index (κ1) is 13.3. The summed E-state index contributed by atoms with van der Waals surface area (Å²) in [5.41, 5.74) is 5.75. The number of hydrogen-bond acceptors (Lipinski definition) is 4. The van der Waals surface area contributed by atoms with Crippen molar-refractivity contribution in [2.45, 2.75) is 30.8 Å². The van der Waals surface area contributed by atoms with Crippen LogP contribution in [0.1, 0.15) is 18.9 Å². The number of anilines is 1. The normalized spacial score (nSPS) is 19.5. The van der Waals surface area contributed by atoms with Gasteiger partial charge in [0.2, 0.25) is 10.0 Å². The summed E-state index contributed by atoms with van der Waals surface area (Å²) in [6.07, 6.45) is 0.544. The third kappa shape index (κ3) is 2.00. The largest absolute Gasteiger partial charge is 0.398 e. The van der Waals surface area contributed by atoms with Gasteiger partial charge in [0, 0.05) is 13.1 Å². The average Bonchev–Trinajstić information content (AvgIpc) is 2.24. The van der Waals surface area contributed by atoms with Crippen molar-refractivity contribution in [2.75, 3.05) is 18.8 Å². The van der Waals surface area contributed by atoms with Crippen LogP contribution in [0.3, 0.4) is 0 Å². The van der Waals surface area contributed by atoms with Crippen LogP contribution < -0.4 is 5.73 Å². The predicted octanol–water partition coefficient (Wildman–Crippen LogP) is 0.723. The molecule has 0 radical (unpaired) electrons. The molecule has 1 aliphatic heterocycles. The Morgan fingerprint density at radius 3 is 2.56 bits per heavy atom. The summed E-state index contributed by atoms with van der Waals surface area (Å²) in [5.74, 6) is 0. The molecule has 1 fully saturated rings. The molecule has 5 nitrogen and oxygen atoms in total. The molecule has 0 aliphatic carbocycles. The average molecular weight is 270 g/mol. The summed E-state index contributed by atoms with van der Waals surface area (Å²) in [6, 6.07) is 5.02. The Morgan fingerprint density at radius 1 is 1.44 bits per heavy atom. The van der Waals surface area contributed by atoms with E-state index >= 15 is 0 Å². The molecule has 6 heteroatoms. The highest BCUT2D eigenvalue weighted by Gasteiger charge is 2.46. The molecule has 0 amide bonds. The van der Waals surface area contributed by atoms with Crippen molar-refractivity contribution in [3.8, 4) is 0 Å². The fraction of sp³-hybridized carbons (Fsp3) is 0.500. The molecule has 0 unspecified atom stereocenters. The maximum Gasteiger partial charge on any atom is 0.245 e. The third-order valence-electron chi connectivity index (χ3n) is 3.44. The molecule has 1 aromatic rings. The molecule has 0 spiro atoms. The lowest BCUT2D eigenvalue weighted by molar-refractivity contribution is -0.0613. The first-order valence-electron chi connectivity index (χ1n) is 5.88. The van der Waals surface area contributed by atoms with Crippen LogP contribution >= 0.6 is 0 Å². The Labute approximate surface area is 107 Å². The zero-order valence-electron chi connectivity index (χ0n) is 10.5. The van der Waals surface area contributed by atoms with Gasteiger partial charge in [-0.25, -0.2) is 8.42 Å². The molecule has 2 rings (SSSR count). The molecule has 1 aliphatic rings. The minimum Gasteiger partial charge on any atom is -0.398 e. The minimum absolute atomic E-state index is 0.138. The van der Waals surface area contributed by atoms with E-state index in [-0.39, 0.29) is 23.7 Å². The van der Waals surface area contributed by atoms with E-state index in [0.717, 1.165) is 0 Å². The predicted molar refractivity (Wildman–Crippen MR) is 69.6 cm³/mol. The Kier molecular flexibility index (Phi) is 3.12. The van der Waals surface area contributed by atoms with Gasteiger partial charge >= 0.3 is 0 Å².